The Labute approximate surface area is 174 Å². The summed E-state index contributed by atoms with van der Waals surface area (Å²) < 4.78 is 7.95. The van der Waals surface area contributed by atoms with E-state index in [4.69, 9.17) is 9.41 Å². The summed E-state index contributed by atoms with van der Waals surface area (Å²) in [5.74, 6) is 0.678. The van der Waals surface area contributed by atoms with Gasteiger partial charge in [-0.15, -0.1) is 11.3 Å². The quantitative estimate of drug-likeness (QED) is 0.496. The van der Waals surface area contributed by atoms with Gasteiger partial charge in [0.2, 0.25) is 0 Å². The molecule has 0 amide bonds. The molecule has 0 saturated carbocycles. The molecule has 4 nitrogen and oxygen atoms in total. The van der Waals surface area contributed by atoms with Crippen molar-refractivity contribution in [3.05, 3.63) is 107 Å². The second kappa shape index (κ2) is 6.54. The second-order valence-electron chi connectivity index (χ2n) is 7.14. The van der Waals surface area contributed by atoms with Crippen LogP contribution in [0, 0.1) is 0 Å². The summed E-state index contributed by atoms with van der Waals surface area (Å²) in [6.07, 6.45) is 5.32. The minimum absolute atomic E-state index is 0.00559. The summed E-state index contributed by atoms with van der Waals surface area (Å²) in [6, 6.07) is 16.2. The Morgan fingerprint density at radius 1 is 1.10 bits per heavy atom. The Kier molecular flexibility index (Phi) is 3.82. The highest BCUT2D eigenvalue weighted by Gasteiger charge is 2.32. The first-order valence-corrected chi connectivity index (χ1v) is 11.2. The van der Waals surface area contributed by atoms with E-state index < -0.39 is 0 Å². The molecule has 6 rings (SSSR count). The van der Waals surface area contributed by atoms with Crippen molar-refractivity contribution in [3.63, 3.8) is 0 Å². The molecule has 4 heterocycles. The van der Waals surface area contributed by atoms with Gasteiger partial charge < -0.3 is 4.42 Å². The molecule has 1 aliphatic heterocycles. The third-order valence-electron chi connectivity index (χ3n) is 5.50. The SMILES string of the molecule is O=c1/c(=C/c2ccco2)sc2n1C(c1cccs1)C1=C(N=2)c2ccccc2CC1. The van der Waals surface area contributed by atoms with Gasteiger partial charge in [-0.1, -0.05) is 41.7 Å². The van der Waals surface area contributed by atoms with Gasteiger partial charge in [0.1, 0.15) is 5.76 Å². The Hall–Kier alpha value is -2.96. The van der Waals surface area contributed by atoms with Crippen LogP contribution >= 0.6 is 22.7 Å². The minimum Gasteiger partial charge on any atom is -0.465 e. The van der Waals surface area contributed by atoms with Crippen molar-refractivity contribution in [1.29, 1.82) is 0 Å². The predicted octanol–water partition coefficient (Wildman–Crippen LogP) is 3.97. The number of hydrogen-bond acceptors (Lipinski definition) is 5. The van der Waals surface area contributed by atoms with Crippen LogP contribution in [0.15, 0.2) is 80.0 Å². The van der Waals surface area contributed by atoms with Gasteiger partial charge in [0, 0.05) is 16.5 Å². The highest BCUT2D eigenvalue weighted by atomic mass is 32.1. The van der Waals surface area contributed by atoms with Crippen molar-refractivity contribution in [2.24, 2.45) is 4.99 Å². The number of aromatic nitrogens is 1. The monoisotopic (exact) mass is 416 g/mol. The number of thiophene rings is 1. The topological polar surface area (TPSA) is 47.5 Å². The molecule has 6 heteroatoms. The van der Waals surface area contributed by atoms with Crippen LogP contribution < -0.4 is 14.9 Å². The summed E-state index contributed by atoms with van der Waals surface area (Å²) in [7, 11) is 0. The molecule has 4 aromatic rings. The summed E-state index contributed by atoms with van der Waals surface area (Å²) in [6.45, 7) is 0. The van der Waals surface area contributed by atoms with E-state index in [0.717, 1.165) is 23.3 Å². The fourth-order valence-electron chi connectivity index (χ4n) is 4.22. The lowest BCUT2D eigenvalue weighted by Crippen LogP contribution is -2.38. The van der Waals surface area contributed by atoms with Crippen molar-refractivity contribution in [3.8, 4) is 0 Å². The van der Waals surface area contributed by atoms with Crippen molar-refractivity contribution >= 4 is 34.4 Å². The molecular formula is C23H16N2O2S2. The van der Waals surface area contributed by atoms with Crippen LogP contribution in [-0.2, 0) is 6.42 Å². The summed E-state index contributed by atoms with van der Waals surface area (Å²) in [5, 5.41) is 2.07. The highest BCUT2D eigenvalue weighted by molar-refractivity contribution is 7.10. The lowest BCUT2D eigenvalue weighted by molar-refractivity contribution is 0.556. The van der Waals surface area contributed by atoms with E-state index in [1.807, 2.05) is 22.8 Å². The summed E-state index contributed by atoms with van der Waals surface area (Å²) >= 11 is 3.12. The van der Waals surface area contributed by atoms with Gasteiger partial charge in [-0.05, 0) is 47.6 Å². The first-order chi connectivity index (χ1) is 14.3. The maximum atomic E-state index is 13.4. The Balaban J connectivity index is 1.66. The van der Waals surface area contributed by atoms with E-state index in [9.17, 15) is 4.79 Å². The van der Waals surface area contributed by atoms with E-state index in [1.165, 1.54) is 32.9 Å². The number of aryl methyl sites for hydroxylation is 1. The third-order valence-corrected chi connectivity index (χ3v) is 7.41. The van der Waals surface area contributed by atoms with Crippen LogP contribution in [0.1, 0.15) is 34.2 Å². The molecule has 0 bridgehead atoms. The van der Waals surface area contributed by atoms with Gasteiger partial charge in [0.15, 0.2) is 4.80 Å². The standard InChI is InChI=1S/C23H16N2O2S2/c26-22-19(13-15-6-3-11-27-15)29-23-24-20-16-7-2-1-5-14(16)9-10-17(20)21(25(22)23)18-8-4-12-28-18/h1-8,11-13,21H,9-10H2/b19-13-. The van der Waals surface area contributed by atoms with Crippen LogP contribution in [0.2, 0.25) is 0 Å². The average Bonchev–Trinajstić information content (AvgIpc) is 3.50. The molecule has 1 unspecified atom stereocenters. The van der Waals surface area contributed by atoms with Gasteiger partial charge >= 0.3 is 0 Å². The molecule has 0 N–H and O–H groups in total. The van der Waals surface area contributed by atoms with Crippen LogP contribution in [0.25, 0.3) is 11.8 Å². The number of furan rings is 1. The highest BCUT2D eigenvalue weighted by Crippen LogP contribution is 2.42. The Bertz CT molecular complexity index is 1420. The number of benzene rings is 1. The van der Waals surface area contributed by atoms with Crippen molar-refractivity contribution in [2.45, 2.75) is 18.9 Å². The third kappa shape index (κ3) is 2.63. The van der Waals surface area contributed by atoms with E-state index in [1.54, 1.807) is 17.6 Å². The zero-order valence-corrected chi connectivity index (χ0v) is 17.0. The zero-order chi connectivity index (χ0) is 19.4. The first-order valence-electron chi connectivity index (χ1n) is 9.49. The van der Waals surface area contributed by atoms with Gasteiger partial charge in [0.05, 0.1) is 22.5 Å². The molecule has 3 aromatic heterocycles. The van der Waals surface area contributed by atoms with Crippen LogP contribution in [0.5, 0.6) is 0 Å². The second-order valence-corrected chi connectivity index (χ2v) is 9.13. The number of fused-ring (bicyclic) bond motifs is 3. The molecule has 0 spiro atoms. The lowest BCUT2D eigenvalue weighted by Gasteiger charge is -2.30. The van der Waals surface area contributed by atoms with Gasteiger partial charge in [0.25, 0.3) is 5.56 Å². The molecule has 1 aliphatic carbocycles. The minimum atomic E-state index is -0.0895. The normalized spacial score (nSPS) is 18.2. The molecule has 0 fully saturated rings. The summed E-state index contributed by atoms with van der Waals surface area (Å²) in [5.41, 5.74) is 4.79. The number of thiazole rings is 1. The predicted molar refractivity (Wildman–Crippen MR) is 116 cm³/mol. The van der Waals surface area contributed by atoms with Gasteiger partial charge in [-0.25, -0.2) is 4.99 Å². The van der Waals surface area contributed by atoms with Crippen molar-refractivity contribution < 1.29 is 4.42 Å². The fourth-order valence-corrected chi connectivity index (χ4v) is 6.05. The van der Waals surface area contributed by atoms with Crippen LogP contribution in [0.3, 0.4) is 0 Å². The van der Waals surface area contributed by atoms with Crippen molar-refractivity contribution in [2.75, 3.05) is 0 Å². The van der Waals surface area contributed by atoms with E-state index in [2.05, 4.69) is 41.8 Å². The molecular weight excluding hydrogens is 400 g/mol. The van der Waals surface area contributed by atoms with Crippen LogP contribution in [-0.4, -0.2) is 4.57 Å². The average molecular weight is 417 g/mol. The Morgan fingerprint density at radius 2 is 2.03 bits per heavy atom. The Morgan fingerprint density at radius 3 is 2.86 bits per heavy atom. The van der Waals surface area contributed by atoms with Gasteiger partial charge in [-0.3, -0.25) is 9.36 Å². The number of allylic oxidation sites excluding steroid dienone is 1. The zero-order valence-electron chi connectivity index (χ0n) is 15.4. The molecule has 0 saturated heterocycles. The van der Waals surface area contributed by atoms with E-state index in [0.29, 0.717) is 10.3 Å². The maximum absolute atomic E-state index is 13.4. The van der Waals surface area contributed by atoms with E-state index in [-0.39, 0.29) is 11.6 Å². The summed E-state index contributed by atoms with van der Waals surface area (Å²) in [4.78, 5) is 20.3. The number of rotatable bonds is 2. The maximum Gasteiger partial charge on any atom is 0.271 e. The lowest BCUT2D eigenvalue weighted by atomic mass is 9.85. The molecule has 29 heavy (non-hydrogen) atoms. The number of nitrogens with zero attached hydrogens (tertiary/aromatic N) is 2. The fraction of sp³-hybridized carbons (Fsp3) is 0.130. The molecule has 2 aliphatic rings. The molecule has 1 atom stereocenters. The first kappa shape index (κ1) is 16.9. The number of hydrogen-bond donors (Lipinski definition) is 0. The smallest absolute Gasteiger partial charge is 0.271 e. The molecule has 1 aromatic carbocycles. The van der Waals surface area contributed by atoms with E-state index >= 15 is 0 Å². The van der Waals surface area contributed by atoms with Gasteiger partial charge in [-0.2, -0.15) is 0 Å². The molecule has 142 valence electrons. The van der Waals surface area contributed by atoms with Crippen LogP contribution in [0.4, 0.5) is 0 Å². The van der Waals surface area contributed by atoms with Crippen molar-refractivity contribution in [1.82, 2.24) is 4.57 Å². The largest absolute Gasteiger partial charge is 0.465 e. The molecule has 0 radical (unpaired) electrons.